The SMILES string of the molecule is CNc1ccnc2c1CCCN2. The fourth-order valence-corrected chi connectivity index (χ4v) is 1.60. The van der Waals surface area contributed by atoms with Gasteiger partial charge in [-0.2, -0.15) is 0 Å². The van der Waals surface area contributed by atoms with Crippen molar-refractivity contribution < 1.29 is 0 Å². The number of aromatic nitrogens is 1. The number of hydrogen-bond donors (Lipinski definition) is 2. The smallest absolute Gasteiger partial charge is 0.131 e. The lowest BCUT2D eigenvalue weighted by Crippen LogP contribution is -2.14. The van der Waals surface area contributed by atoms with Crippen LogP contribution in [0, 0.1) is 0 Å². The molecule has 0 atom stereocenters. The van der Waals surface area contributed by atoms with Gasteiger partial charge in [0, 0.05) is 31.0 Å². The maximum atomic E-state index is 4.28. The summed E-state index contributed by atoms with van der Waals surface area (Å²) in [4.78, 5) is 4.28. The highest BCUT2D eigenvalue weighted by atomic mass is 15.0. The molecule has 0 spiro atoms. The lowest BCUT2D eigenvalue weighted by Gasteiger charge is -2.19. The Hall–Kier alpha value is -1.25. The Morgan fingerprint density at radius 1 is 1.58 bits per heavy atom. The third-order valence-corrected chi connectivity index (χ3v) is 2.22. The van der Waals surface area contributed by atoms with Gasteiger partial charge in [-0.3, -0.25) is 0 Å². The number of rotatable bonds is 1. The second-order valence-electron chi connectivity index (χ2n) is 2.97. The van der Waals surface area contributed by atoms with Crippen LogP contribution in [0.4, 0.5) is 11.5 Å². The number of anilines is 2. The first-order valence-electron chi connectivity index (χ1n) is 4.31. The highest BCUT2D eigenvalue weighted by molar-refractivity contribution is 5.62. The molecule has 2 N–H and O–H groups in total. The Bertz CT molecular complexity index is 269. The molecule has 12 heavy (non-hydrogen) atoms. The Morgan fingerprint density at radius 2 is 2.50 bits per heavy atom. The number of hydrogen-bond acceptors (Lipinski definition) is 3. The van der Waals surface area contributed by atoms with E-state index in [0.717, 1.165) is 18.8 Å². The summed E-state index contributed by atoms with van der Waals surface area (Å²) in [5, 5.41) is 6.46. The van der Waals surface area contributed by atoms with Crippen molar-refractivity contribution in [3.8, 4) is 0 Å². The lowest BCUT2D eigenvalue weighted by molar-refractivity contribution is 0.819. The first-order valence-corrected chi connectivity index (χ1v) is 4.31. The number of nitrogens with zero attached hydrogens (tertiary/aromatic N) is 1. The Labute approximate surface area is 72.2 Å². The minimum absolute atomic E-state index is 1.05. The van der Waals surface area contributed by atoms with Gasteiger partial charge in [0.25, 0.3) is 0 Å². The van der Waals surface area contributed by atoms with Crippen molar-refractivity contribution in [1.29, 1.82) is 0 Å². The molecular formula is C9H13N3. The van der Waals surface area contributed by atoms with Gasteiger partial charge in [-0.15, -0.1) is 0 Å². The largest absolute Gasteiger partial charge is 0.388 e. The van der Waals surface area contributed by atoms with Crippen LogP contribution in [0.25, 0.3) is 0 Å². The van der Waals surface area contributed by atoms with E-state index in [4.69, 9.17) is 0 Å². The van der Waals surface area contributed by atoms with E-state index in [1.54, 1.807) is 0 Å². The van der Waals surface area contributed by atoms with Crippen LogP contribution in [0.3, 0.4) is 0 Å². The van der Waals surface area contributed by atoms with Crippen LogP contribution >= 0.6 is 0 Å². The average Bonchev–Trinajstić information content (AvgIpc) is 2.17. The number of nitrogens with one attached hydrogen (secondary N) is 2. The Kier molecular flexibility index (Phi) is 1.86. The van der Waals surface area contributed by atoms with Gasteiger partial charge in [0.15, 0.2) is 0 Å². The van der Waals surface area contributed by atoms with Crippen molar-refractivity contribution in [1.82, 2.24) is 4.98 Å². The quantitative estimate of drug-likeness (QED) is 0.658. The van der Waals surface area contributed by atoms with Gasteiger partial charge in [0.1, 0.15) is 5.82 Å². The van der Waals surface area contributed by atoms with E-state index >= 15 is 0 Å². The molecule has 3 heteroatoms. The summed E-state index contributed by atoms with van der Waals surface area (Å²) in [6.45, 7) is 1.05. The molecule has 0 saturated carbocycles. The van der Waals surface area contributed by atoms with Crippen LogP contribution in [-0.2, 0) is 6.42 Å². The number of pyridine rings is 1. The van der Waals surface area contributed by atoms with E-state index in [-0.39, 0.29) is 0 Å². The molecule has 0 amide bonds. The van der Waals surface area contributed by atoms with Crippen molar-refractivity contribution in [2.24, 2.45) is 0 Å². The van der Waals surface area contributed by atoms with E-state index in [1.807, 2.05) is 19.3 Å². The molecule has 1 aromatic rings. The summed E-state index contributed by atoms with van der Waals surface area (Å²) in [6.07, 6.45) is 4.17. The van der Waals surface area contributed by atoms with E-state index in [2.05, 4.69) is 15.6 Å². The van der Waals surface area contributed by atoms with Crippen molar-refractivity contribution in [3.63, 3.8) is 0 Å². The normalized spacial score (nSPS) is 14.8. The maximum Gasteiger partial charge on any atom is 0.131 e. The van der Waals surface area contributed by atoms with Crippen LogP contribution in [0.15, 0.2) is 12.3 Å². The van der Waals surface area contributed by atoms with Gasteiger partial charge in [-0.05, 0) is 18.9 Å². The molecule has 0 aliphatic carbocycles. The lowest BCUT2D eigenvalue weighted by atomic mass is 10.1. The van der Waals surface area contributed by atoms with E-state index in [0.29, 0.717) is 0 Å². The van der Waals surface area contributed by atoms with Crippen LogP contribution in [0.2, 0.25) is 0 Å². The fourth-order valence-electron chi connectivity index (χ4n) is 1.60. The minimum atomic E-state index is 1.05. The van der Waals surface area contributed by atoms with Crippen LogP contribution in [-0.4, -0.2) is 18.6 Å². The molecule has 0 aromatic carbocycles. The average molecular weight is 163 g/mol. The molecule has 1 aliphatic rings. The summed E-state index contributed by atoms with van der Waals surface area (Å²) in [7, 11) is 1.95. The zero-order valence-corrected chi connectivity index (χ0v) is 7.22. The summed E-state index contributed by atoms with van der Waals surface area (Å²) in [6, 6.07) is 2.02. The molecule has 0 fully saturated rings. The molecule has 3 nitrogen and oxygen atoms in total. The first kappa shape index (κ1) is 7.40. The molecule has 0 radical (unpaired) electrons. The topological polar surface area (TPSA) is 37.0 Å². The molecule has 1 aliphatic heterocycles. The molecular weight excluding hydrogens is 150 g/mol. The summed E-state index contributed by atoms with van der Waals surface area (Å²) < 4.78 is 0. The van der Waals surface area contributed by atoms with E-state index in [9.17, 15) is 0 Å². The molecule has 0 saturated heterocycles. The van der Waals surface area contributed by atoms with Gasteiger partial charge in [0.2, 0.25) is 0 Å². The second-order valence-corrected chi connectivity index (χ2v) is 2.97. The zero-order chi connectivity index (χ0) is 8.39. The predicted octanol–water partition coefficient (Wildman–Crippen LogP) is 1.48. The second kappa shape index (κ2) is 3.01. The summed E-state index contributed by atoms with van der Waals surface area (Å²) >= 11 is 0. The van der Waals surface area contributed by atoms with Crippen molar-refractivity contribution in [2.75, 3.05) is 24.2 Å². The van der Waals surface area contributed by atoms with E-state index < -0.39 is 0 Å². The Morgan fingerprint density at radius 3 is 3.33 bits per heavy atom. The summed E-state index contributed by atoms with van der Waals surface area (Å²) in [5.74, 6) is 1.05. The highest BCUT2D eigenvalue weighted by Crippen LogP contribution is 2.25. The summed E-state index contributed by atoms with van der Waals surface area (Å²) in [5.41, 5.74) is 2.53. The maximum absolute atomic E-state index is 4.28. The molecule has 2 rings (SSSR count). The standard InChI is InChI=1S/C9H13N3/c1-10-8-4-6-12-9-7(8)3-2-5-11-9/h4,6H,2-3,5H2,1H3,(H2,10,11,12). The molecule has 0 unspecified atom stereocenters. The first-order chi connectivity index (χ1) is 5.92. The van der Waals surface area contributed by atoms with Gasteiger partial charge in [-0.1, -0.05) is 0 Å². The third kappa shape index (κ3) is 1.11. The molecule has 0 bridgehead atoms. The van der Waals surface area contributed by atoms with Crippen LogP contribution < -0.4 is 10.6 Å². The predicted molar refractivity (Wildman–Crippen MR) is 50.6 cm³/mol. The Balaban J connectivity index is 2.44. The molecule has 1 aromatic heterocycles. The van der Waals surface area contributed by atoms with Gasteiger partial charge >= 0.3 is 0 Å². The van der Waals surface area contributed by atoms with Crippen LogP contribution in [0.1, 0.15) is 12.0 Å². The van der Waals surface area contributed by atoms with Crippen molar-refractivity contribution in [2.45, 2.75) is 12.8 Å². The third-order valence-electron chi connectivity index (χ3n) is 2.22. The zero-order valence-electron chi connectivity index (χ0n) is 7.22. The molecule has 2 heterocycles. The monoisotopic (exact) mass is 163 g/mol. The van der Waals surface area contributed by atoms with Gasteiger partial charge in [0.05, 0.1) is 0 Å². The molecule has 64 valence electrons. The van der Waals surface area contributed by atoms with Crippen molar-refractivity contribution >= 4 is 11.5 Å². The van der Waals surface area contributed by atoms with Crippen molar-refractivity contribution in [3.05, 3.63) is 17.8 Å². The minimum Gasteiger partial charge on any atom is -0.388 e. The fraction of sp³-hybridized carbons (Fsp3) is 0.444. The van der Waals surface area contributed by atoms with Crippen LogP contribution in [0.5, 0.6) is 0 Å². The van der Waals surface area contributed by atoms with Gasteiger partial charge in [-0.25, -0.2) is 4.98 Å². The van der Waals surface area contributed by atoms with Gasteiger partial charge < -0.3 is 10.6 Å². The number of fused-ring (bicyclic) bond motifs is 1. The highest BCUT2D eigenvalue weighted by Gasteiger charge is 2.11. The van der Waals surface area contributed by atoms with E-state index in [1.165, 1.54) is 17.7 Å².